The van der Waals surface area contributed by atoms with Crippen LogP contribution in [0.15, 0.2) is 65.0 Å². The van der Waals surface area contributed by atoms with E-state index in [9.17, 15) is 18.8 Å². The van der Waals surface area contributed by atoms with Crippen LogP contribution in [0.3, 0.4) is 0 Å². The van der Waals surface area contributed by atoms with Gasteiger partial charge in [-0.2, -0.15) is 0 Å². The molecule has 2 aromatic carbocycles. The summed E-state index contributed by atoms with van der Waals surface area (Å²) in [6.45, 7) is 0. The third kappa shape index (κ3) is 4.75. The molecule has 0 saturated carbocycles. The number of aliphatic imine (C=N–C) groups is 1. The molecule has 1 atom stereocenters. The van der Waals surface area contributed by atoms with Crippen LogP contribution < -0.4 is 16.6 Å². The Labute approximate surface area is 184 Å². The number of hydrogen-bond acceptors (Lipinski definition) is 6. The minimum atomic E-state index is -0.684. The Bertz CT molecular complexity index is 1110. The third-order valence-electron chi connectivity index (χ3n) is 4.86. The lowest BCUT2D eigenvalue weighted by Gasteiger charge is -2.32. The molecule has 0 spiro atoms. The predicted molar refractivity (Wildman–Crippen MR) is 117 cm³/mol. The van der Waals surface area contributed by atoms with Crippen molar-refractivity contribution in [2.75, 3.05) is 21.1 Å². The molecule has 166 valence electrons. The fraction of sp³-hybridized carbons (Fsp3) is 0.182. The van der Waals surface area contributed by atoms with Crippen LogP contribution >= 0.6 is 0 Å². The second kappa shape index (κ2) is 9.29. The minimum Gasteiger partial charge on any atom is -0.382 e. The molecule has 0 bridgehead atoms. The van der Waals surface area contributed by atoms with E-state index in [2.05, 4.69) is 15.8 Å². The molecule has 1 unspecified atom stereocenters. The Hall–Kier alpha value is -4.21. The molecule has 0 radical (unpaired) electrons. The number of hydrogen-bond donors (Lipinski definition) is 3. The van der Waals surface area contributed by atoms with E-state index in [-0.39, 0.29) is 23.0 Å². The molecule has 0 fully saturated rings. The van der Waals surface area contributed by atoms with E-state index >= 15 is 0 Å². The van der Waals surface area contributed by atoms with Gasteiger partial charge in [-0.1, -0.05) is 18.2 Å². The number of likely N-dealkylation sites (N-methyl/N-ethyl adjacent to an activating group) is 1. The average Bonchev–Trinajstić information content (AvgIpc) is 2.77. The zero-order chi connectivity index (χ0) is 23.4. The highest BCUT2D eigenvalue weighted by Crippen LogP contribution is 2.26. The van der Waals surface area contributed by atoms with Crippen LogP contribution in [-0.4, -0.2) is 54.9 Å². The molecule has 9 nitrogen and oxygen atoms in total. The summed E-state index contributed by atoms with van der Waals surface area (Å²) in [5, 5.41) is 0. The van der Waals surface area contributed by atoms with Crippen LogP contribution in [0.1, 0.15) is 32.3 Å². The van der Waals surface area contributed by atoms with E-state index in [1.165, 1.54) is 23.1 Å². The van der Waals surface area contributed by atoms with Gasteiger partial charge in [0.2, 0.25) is 0 Å². The van der Waals surface area contributed by atoms with Crippen molar-refractivity contribution in [3.63, 3.8) is 0 Å². The molecule has 32 heavy (non-hydrogen) atoms. The first-order valence-corrected chi connectivity index (χ1v) is 9.63. The summed E-state index contributed by atoms with van der Waals surface area (Å²) in [6.07, 6.45) is 1.58. The van der Waals surface area contributed by atoms with Crippen LogP contribution in [0.2, 0.25) is 0 Å². The molecule has 2 aromatic rings. The van der Waals surface area contributed by atoms with Gasteiger partial charge in [-0.25, -0.2) is 9.38 Å². The highest BCUT2D eigenvalue weighted by molar-refractivity contribution is 5.99. The molecule has 3 amide bonds. The lowest BCUT2D eigenvalue weighted by Crippen LogP contribution is -2.47. The third-order valence-corrected chi connectivity index (χ3v) is 4.86. The van der Waals surface area contributed by atoms with Gasteiger partial charge in [-0.05, 0) is 35.9 Å². The van der Waals surface area contributed by atoms with E-state index < -0.39 is 23.7 Å². The van der Waals surface area contributed by atoms with E-state index in [0.29, 0.717) is 5.56 Å². The van der Waals surface area contributed by atoms with Crippen molar-refractivity contribution in [1.29, 1.82) is 0 Å². The first-order chi connectivity index (χ1) is 15.2. The molecule has 1 heterocycles. The largest absolute Gasteiger partial charge is 0.382 e. The fourth-order valence-corrected chi connectivity index (χ4v) is 3.17. The number of nitrogens with zero attached hydrogens (tertiary/aromatic N) is 3. The van der Waals surface area contributed by atoms with Gasteiger partial charge in [0, 0.05) is 38.5 Å². The summed E-state index contributed by atoms with van der Waals surface area (Å²) in [6, 6.07) is 11.6. The maximum atomic E-state index is 13.3. The number of halogens is 1. The summed E-state index contributed by atoms with van der Waals surface area (Å²) in [7, 11) is 5.00. The molecule has 4 N–H and O–H groups in total. The topological polar surface area (TPSA) is 120 Å². The maximum absolute atomic E-state index is 13.3. The van der Waals surface area contributed by atoms with Gasteiger partial charge < -0.3 is 15.5 Å². The number of nitrogens with one attached hydrogen (secondary N) is 2. The Kier molecular flexibility index (Phi) is 6.53. The molecule has 0 saturated heterocycles. The van der Waals surface area contributed by atoms with Crippen molar-refractivity contribution in [3.05, 3.63) is 82.6 Å². The van der Waals surface area contributed by atoms with Gasteiger partial charge in [0.1, 0.15) is 11.5 Å². The summed E-state index contributed by atoms with van der Waals surface area (Å²) >= 11 is 0. The Morgan fingerprint density at radius 1 is 1.03 bits per heavy atom. The van der Waals surface area contributed by atoms with E-state index in [4.69, 9.17) is 5.73 Å². The van der Waals surface area contributed by atoms with Crippen molar-refractivity contribution < 1.29 is 18.8 Å². The Morgan fingerprint density at radius 2 is 1.69 bits per heavy atom. The second-order valence-corrected chi connectivity index (χ2v) is 7.31. The van der Waals surface area contributed by atoms with Crippen LogP contribution in [0, 0.1) is 5.82 Å². The number of benzene rings is 2. The predicted octanol–water partition coefficient (Wildman–Crippen LogP) is 1.17. The van der Waals surface area contributed by atoms with Crippen molar-refractivity contribution in [2.45, 2.75) is 6.04 Å². The monoisotopic (exact) mass is 438 g/mol. The standard InChI is InChI=1S/C22H23FN6O3/c1-28(2)22(32)14-9-7-13(8-10-14)17-12-25-19(24)18(29(17)3)21(31)27-26-20(30)15-5-4-6-16(23)11-15/h4-12,17H,24H2,1-3H3,(H,26,30)(H,27,31). The molecule has 1 aliphatic rings. The van der Waals surface area contributed by atoms with Gasteiger partial charge in [-0.15, -0.1) is 0 Å². The van der Waals surface area contributed by atoms with Gasteiger partial charge >= 0.3 is 0 Å². The molecular weight excluding hydrogens is 415 g/mol. The lowest BCUT2D eigenvalue weighted by atomic mass is 10.0. The molecule has 1 aliphatic heterocycles. The van der Waals surface area contributed by atoms with Crippen molar-refractivity contribution >= 4 is 23.9 Å². The number of carbonyl (C=O) groups is 3. The van der Waals surface area contributed by atoms with Crippen LogP contribution in [-0.2, 0) is 4.79 Å². The van der Waals surface area contributed by atoms with Gasteiger partial charge in [0.15, 0.2) is 5.82 Å². The molecule has 0 aromatic heterocycles. The first-order valence-electron chi connectivity index (χ1n) is 9.63. The van der Waals surface area contributed by atoms with E-state index in [0.717, 1.165) is 11.6 Å². The quantitative estimate of drug-likeness (QED) is 0.619. The Balaban J connectivity index is 1.72. The van der Waals surface area contributed by atoms with Crippen molar-refractivity contribution in [1.82, 2.24) is 20.7 Å². The zero-order valence-electron chi connectivity index (χ0n) is 17.8. The number of hydrazine groups is 1. The highest BCUT2D eigenvalue weighted by Gasteiger charge is 2.28. The van der Waals surface area contributed by atoms with Crippen molar-refractivity contribution in [2.24, 2.45) is 10.7 Å². The second-order valence-electron chi connectivity index (χ2n) is 7.31. The van der Waals surface area contributed by atoms with E-state index in [1.54, 1.807) is 56.5 Å². The number of carbonyl (C=O) groups excluding carboxylic acids is 3. The summed E-state index contributed by atoms with van der Waals surface area (Å²) < 4.78 is 13.3. The number of rotatable bonds is 4. The minimum absolute atomic E-state index is 0.0272. The summed E-state index contributed by atoms with van der Waals surface area (Å²) in [5.74, 6) is -2.09. The van der Waals surface area contributed by atoms with Crippen LogP contribution in [0.4, 0.5) is 4.39 Å². The maximum Gasteiger partial charge on any atom is 0.289 e. The highest BCUT2D eigenvalue weighted by atomic mass is 19.1. The van der Waals surface area contributed by atoms with Crippen molar-refractivity contribution in [3.8, 4) is 0 Å². The summed E-state index contributed by atoms with van der Waals surface area (Å²) in [4.78, 5) is 44.2. The molecule has 0 aliphatic carbocycles. The van der Waals surface area contributed by atoms with E-state index in [1.807, 2.05) is 0 Å². The van der Waals surface area contributed by atoms with Gasteiger partial charge in [0.25, 0.3) is 17.7 Å². The summed E-state index contributed by atoms with van der Waals surface area (Å²) in [5.41, 5.74) is 11.8. The molecule has 3 rings (SSSR count). The first kappa shape index (κ1) is 22.5. The zero-order valence-corrected chi connectivity index (χ0v) is 17.8. The molecular formula is C22H23FN6O3. The average molecular weight is 438 g/mol. The normalized spacial score (nSPS) is 15.4. The molecule has 10 heteroatoms. The SMILES string of the molecule is CN(C)C(=O)c1ccc(C2C=NC(N)=C(C(=O)NNC(=O)c3cccc(F)c3)N2C)cc1. The van der Waals surface area contributed by atoms with Crippen LogP contribution in [0.25, 0.3) is 0 Å². The number of nitrogens with two attached hydrogens (primary N) is 1. The smallest absolute Gasteiger partial charge is 0.289 e. The lowest BCUT2D eigenvalue weighted by molar-refractivity contribution is -0.119. The Morgan fingerprint density at radius 3 is 2.31 bits per heavy atom. The van der Waals surface area contributed by atoms with Gasteiger partial charge in [0.05, 0.1) is 6.04 Å². The fourth-order valence-electron chi connectivity index (χ4n) is 3.17. The number of amides is 3. The van der Waals surface area contributed by atoms with Gasteiger partial charge in [-0.3, -0.25) is 25.2 Å². The van der Waals surface area contributed by atoms with Crippen LogP contribution in [0.5, 0.6) is 0 Å².